The van der Waals surface area contributed by atoms with Gasteiger partial charge in [-0.15, -0.1) is 11.8 Å². The first-order valence-corrected chi connectivity index (χ1v) is 7.24. The molecule has 0 aromatic heterocycles. The lowest BCUT2D eigenvalue weighted by atomic mass is 10.2. The van der Waals surface area contributed by atoms with E-state index in [1.165, 1.54) is 10.5 Å². The van der Waals surface area contributed by atoms with Crippen molar-refractivity contribution in [2.24, 2.45) is 5.92 Å². The predicted molar refractivity (Wildman–Crippen MR) is 78.5 cm³/mol. The third-order valence-corrected chi connectivity index (χ3v) is 3.35. The van der Waals surface area contributed by atoms with Crippen LogP contribution in [0.2, 0.25) is 0 Å². The number of thioether (sulfide) groups is 1. The maximum Gasteiger partial charge on any atom is 0.0205 e. The molecule has 1 rings (SSSR count). The molecule has 0 amide bonds. The lowest BCUT2D eigenvalue weighted by Gasteiger charge is -2.07. The monoisotopic (exact) mass is 249 g/mol. The summed E-state index contributed by atoms with van der Waals surface area (Å²) in [6, 6.07) is 8.84. The highest BCUT2D eigenvalue weighted by Crippen LogP contribution is 2.18. The summed E-state index contributed by atoms with van der Waals surface area (Å²) in [7, 11) is 0. The fourth-order valence-electron chi connectivity index (χ4n) is 1.45. The Bertz CT molecular complexity index is 327. The summed E-state index contributed by atoms with van der Waals surface area (Å²) < 4.78 is 0. The van der Waals surface area contributed by atoms with Crippen molar-refractivity contribution in [3.8, 4) is 0 Å². The zero-order valence-corrected chi connectivity index (χ0v) is 11.9. The molecule has 17 heavy (non-hydrogen) atoms. The molecular weight excluding hydrogens is 226 g/mol. The molecule has 1 N–H and O–H groups in total. The van der Waals surface area contributed by atoms with E-state index in [-0.39, 0.29) is 0 Å². The van der Waals surface area contributed by atoms with Crippen LogP contribution < -0.4 is 5.32 Å². The van der Waals surface area contributed by atoms with Crippen molar-refractivity contribution in [1.29, 1.82) is 0 Å². The van der Waals surface area contributed by atoms with E-state index in [0.29, 0.717) is 5.92 Å². The lowest BCUT2D eigenvalue weighted by molar-refractivity contribution is 0.552. The van der Waals surface area contributed by atoms with Crippen molar-refractivity contribution in [2.75, 3.05) is 12.3 Å². The number of benzene rings is 1. The first-order valence-electron chi connectivity index (χ1n) is 6.26. The Morgan fingerprint density at radius 3 is 2.53 bits per heavy atom. The van der Waals surface area contributed by atoms with E-state index >= 15 is 0 Å². The minimum atomic E-state index is 0.714. The summed E-state index contributed by atoms with van der Waals surface area (Å²) in [5, 5.41) is 3.45. The van der Waals surface area contributed by atoms with Gasteiger partial charge >= 0.3 is 0 Å². The van der Waals surface area contributed by atoms with Crippen LogP contribution in [0, 0.1) is 5.92 Å². The van der Waals surface area contributed by atoms with Gasteiger partial charge in [0.1, 0.15) is 0 Å². The van der Waals surface area contributed by atoms with Gasteiger partial charge in [0.05, 0.1) is 0 Å². The van der Waals surface area contributed by atoms with Gasteiger partial charge in [-0.05, 0) is 37.1 Å². The van der Waals surface area contributed by atoms with Crippen molar-refractivity contribution in [3.63, 3.8) is 0 Å². The maximum absolute atomic E-state index is 3.45. The van der Waals surface area contributed by atoms with E-state index < -0.39 is 0 Å². The van der Waals surface area contributed by atoms with Gasteiger partial charge in [0, 0.05) is 17.2 Å². The SMILES string of the molecule is C/C=C/CSc1ccc(CNCC(C)C)cc1. The molecule has 0 aliphatic rings. The molecule has 0 aliphatic heterocycles. The van der Waals surface area contributed by atoms with Crippen LogP contribution in [0.25, 0.3) is 0 Å². The zero-order valence-electron chi connectivity index (χ0n) is 11.1. The molecule has 1 aromatic rings. The molecule has 0 aliphatic carbocycles. The summed E-state index contributed by atoms with van der Waals surface area (Å²) >= 11 is 1.88. The molecule has 0 fully saturated rings. The van der Waals surface area contributed by atoms with Gasteiger partial charge < -0.3 is 5.32 Å². The number of hydrogen-bond acceptors (Lipinski definition) is 2. The first kappa shape index (κ1) is 14.3. The number of allylic oxidation sites excluding steroid dienone is 1. The molecule has 0 spiro atoms. The van der Waals surface area contributed by atoms with Gasteiger partial charge in [0.15, 0.2) is 0 Å². The summed E-state index contributed by atoms with van der Waals surface area (Å²) in [5.74, 6) is 1.77. The number of hydrogen-bond donors (Lipinski definition) is 1. The quantitative estimate of drug-likeness (QED) is 0.577. The Morgan fingerprint density at radius 1 is 1.24 bits per heavy atom. The van der Waals surface area contributed by atoms with Crippen LogP contribution in [0.4, 0.5) is 0 Å². The molecule has 1 aromatic carbocycles. The van der Waals surface area contributed by atoms with Crippen molar-refractivity contribution in [3.05, 3.63) is 42.0 Å². The van der Waals surface area contributed by atoms with Crippen LogP contribution in [0.5, 0.6) is 0 Å². The molecule has 2 heteroatoms. The summed E-state index contributed by atoms with van der Waals surface area (Å²) in [6.07, 6.45) is 4.28. The van der Waals surface area contributed by atoms with Gasteiger partial charge in [-0.3, -0.25) is 0 Å². The Hall–Kier alpha value is -0.730. The highest BCUT2D eigenvalue weighted by molar-refractivity contribution is 7.99. The fourth-order valence-corrected chi connectivity index (χ4v) is 2.26. The smallest absolute Gasteiger partial charge is 0.0205 e. The molecule has 0 radical (unpaired) electrons. The molecule has 0 saturated heterocycles. The summed E-state index contributed by atoms with van der Waals surface area (Å²) in [5.41, 5.74) is 1.36. The van der Waals surface area contributed by atoms with E-state index in [0.717, 1.165) is 18.8 Å². The van der Waals surface area contributed by atoms with E-state index in [9.17, 15) is 0 Å². The Labute approximate surface area is 110 Å². The minimum Gasteiger partial charge on any atom is -0.312 e. The molecule has 1 nitrogen and oxygen atoms in total. The third-order valence-electron chi connectivity index (χ3n) is 2.39. The molecular formula is C15H23NS. The van der Waals surface area contributed by atoms with Crippen LogP contribution in [0.3, 0.4) is 0 Å². The number of rotatable bonds is 7. The molecule has 0 heterocycles. The van der Waals surface area contributed by atoms with E-state index in [4.69, 9.17) is 0 Å². The van der Waals surface area contributed by atoms with Crippen LogP contribution in [0.15, 0.2) is 41.3 Å². The van der Waals surface area contributed by atoms with E-state index in [1.807, 2.05) is 11.8 Å². The predicted octanol–water partition coefficient (Wildman–Crippen LogP) is 4.10. The molecule has 0 bridgehead atoms. The zero-order chi connectivity index (χ0) is 12.5. The molecule has 0 saturated carbocycles. The average molecular weight is 249 g/mol. The largest absolute Gasteiger partial charge is 0.312 e. The highest BCUT2D eigenvalue weighted by atomic mass is 32.2. The average Bonchev–Trinajstić information content (AvgIpc) is 2.31. The van der Waals surface area contributed by atoms with E-state index in [2.05, 4.69) is 62.5 Å². The van der Waals surface area contributed by atoms with Crippen molar-refractivity contribution in [2.45, 2.75) is 32.2 Å². The van der Waals surface area contributed by atoms with Gasteiger partial charge in [-0.2, -0.15) is 0 Å². The second kappa shape index (κ2) is 8.37. The standard InChI is InChI=1S/C15H23NS/c1-4-5-10-17-15-8-6-14(7-9-15)12-16-11-13(2)3/h4-9,13,16H,10-12H2,1-3H3/b5-4+. The summed E-state index contributed by atoms with van der Waals surface area (Å²) in [4.78, 5) is 1.34. The highest BCUT2D eigenvalue weighted by Gasteiger charge is 1.96. The van der Waals surface area contributed by atoms with Gasteiger partial charge in [0.2, 0.25) is 0 Å². The van der Waals surface area contributed by atoms with Crippen LogP contribution in [0.1, 0.15) is 26.3 Å². The van der Waals surface area contributed by atoms with Gasteiger partial charge in [-0.25, -0.2) is 0 Å². The van der Waals surface area contributed by atoms with Crippen LogP contribution >= 0.6 is 11.8 Å². The van der Waals surface area contributed by atoms with Crippen molar-refractivity contribution in [1.82, 2.24) is 5.32 Å². The second-order valence-corrected chi connectivity index (χ2v) is 5.64. The summed E-state index contributed by atoms with van der Waals surface area (Å²) in [6.45, 7) is 8.57. The number of nitrogens with one attached hydrogen (secondary N) is 1. The Balaban J connectivity index is 2.34. The van der Waals surface area contributed by atoms with Crippen LogP contribution in [-0.2, 0) is 6.54 Å². The second-order valence-electron chi connectivity index (χ2n) is 4.55. The molecule has 94 valence electrons. The molecule has 0 atom stereocenters. The van der Waals surface area contributed by atoms with Crippen molar-refractivity contribution < 1.29 is 0 Å². The minimum absolute atomic E-state index is 0.714. The lowest BCUT2D eigenvalue weighted by Crippen LogP contribution is -2.18. The third kappa shape index (κ3) is 6.54. The van der Waals surface area contributed by atoms with Gasteiger partial charge in [-0.1, -0.05) is 38.1 Å². The maximum atomic E-state index is 3.45. The topological polar surface area (TPSA) is 12.0 Å². The Morgan fingerprint density at radius 2 is 1.94 bits per heavy atom. The van der Waals surface area contributed by atoms with E-state index in [1.54, 1.807) is 0 Å². The first-order chi connectivity index (χ1) is 8.22. The molecule has 0 unspecified atom stereocenters. The fraction of sp³-hybridized carbons (Fsp3) is 0.467. The Kier molecular flexibility index (Phi) is 7.06. The van der Waals surface area contributed by atoms with Crippen molar-refractivity contribution >= 4 is 11.8 Å². The normalized spacial score (nSPS) is 11.5. The van der Waals surface area contributed by atoms with Crippen LogP contribution in [-0.4, -0.2) is 12.3 Å². The van der Waals surface area contributed by atoms with Gasteiger partial charge in [0.25, 0.3) is 0 Å².